The van der Waals surface area contributed by atoms with Crippen molar-refractivity contribution in [3.05, 3.63) is 48.7 Å². The van der Waals surface area contributed by atoms with Crippen LogP contribution in [0.4, 0.5) is 11.5 Å². The third-order valence-electron chi connectivity index (χ3n) is 3.91. The highest BCUT2D eigenvalue weighted by Gasteiger charge is 2.39. The van der Waals surface area contributed by atoms with E-state index in [2.05, 4.69) is 10.3 Å². The van der Waals surface area contributed by atoms with Crippen molar-refractivity contribution in [1.29, 1.82) is 0 Å². The second-order valence-electron chi connectivity index (χ2n) is 5.55. The summed E-state index contributed by atoms with van der Waals surface area (Å²) in [6, 6.07) is 10.4. The molecule has 1 saturated heterocycles. The fourth-order valence-corrected chi connectivity index (χ4v) is 4.37. The third-order valence-corrected chi connectivity index (χ3v) is 5.83. The SMILES string of the molecule is Nc1ccc(S(=O)(=O)N2CCC[C@H]2C(=O)Nc2ccccn2)cc1. The van der Waals surface area contributed by atoms with Gasteiger partial charge in [-0.25, -0.2) is 13.4 Å². The average molecular weight is 346 g/mol. The first-order chi connectivity index (χ1) is 11.5. The zero-order valence-electron chi connectivity index (χ0n) is 12.9. The van der Waals surface area contributed by atoms with Gasteiger partial charge in [-0.2, -0.15) is 4.31 Å². The van der Waals surface area contributed by atoms with Gasteiger partial charge in [-0.3, -0.25) is 4.79 Å². The van der Waals surface area contributed by atoms with Gasteiger partial charge in [0.2, 0.25) is 15.9 Å². The van der Waals surface area contributed by atoms with Gasteiger partial charge in [0.25, 0.3) is 0 Å². The number of nitrogen functional groups attached to an aromatic ring is 1. The van der Waals surface area contributed by atoms with Gasteiger partial charge in [0.1, 0.15) is 11.9 Å². The number of anilines is 2. The zero-order chi connectivity index (χ0) is 17.2. The highest BCUT2D eigenvalue weighted by Crippen LogP contribution is 2.27. The molecule has 126 valence electrons. The topological polar surface area (TPSA) is 105 Å². The number of sulfonamides is 1. The molecule has 0 aliphatic carbocycles. The van der Waals surface area contributed by atoms with Crippen molar-refractivity contribution in [2.24, 2.45) is 0 Å². The smallest absolute Gasteiger partial charge is 0.243 e. The van der Waals surface area contributed by atoms with Gasteiger partial charge >= 0.3 is 0 Å². The van der Waals surface area contributed by atoms with Crippen molar-refractivity contribution < 1.29 is 13.2 Å². The van der Waals surface area contributed by atoms with E-state index in [1.165, 1.54) is 28.6 Å². The molecule has 3 N–H and O–H groups in total. The Morgan fingerprint density at radius 3 is 2.62 bits per heavy atom. The Morgan fingerprint density at radius 2 is 1.96 bits per heavy atom. The van der Waals surface area contributed by atoms with Crippen LogP contribution >= 0.6 is 0 Å². The van der Waals surface area contributed by atoms with Gasteiger partial charge in [-0.15, -0.1) is 0 Å². The molecule has 3 rings (SSSR count). The number of carbonyl (C=O) groups is 1. The summed E-state index contributed by atoms with van der Waals surface area (Å²) >= 11 is 0. The summed E-state index contributed by atoms with van der Waals surface area (Å²) in [4.78, 5) is 16.6. The monoisotopic (exact) mass is 346 g/mol. The highest BCUT2D eigenvalue weighted by atomic mass is 32.2. The summed E-state index contributed by atoms with van der Waals surface area (Å²) in [6.07, 6.45) is 2.68. The Balaban J connectivity index is 1.82. The Bertz CT molecular complexity index is 822. The van der Waals surface area contributed by atoms with Crippen LogP contribution in [0.1, 0.15) is 12.8 Å². The zero-order valence-corrected chi connectivity index (χ0v) is 13.7. The lowest BCUT2D eigenvalue weighted by Crippen LogP contribution is -2.43. The lowest BCUT2D eigenvalue weighted by atomic mass is 10.2. The Morgan fingerprint density at radius 1 is 1.21 bits per heavy atom. The van der Waals surface area contributed by atoms with E-state index in [1.54, 1.807) is 24.4 Å². The minimum Gasteiger partial charge on any atom is -0.399 e. The number of carbonyl (C=O) groups excluding carboxylic acids is 1. The van der Waals surface area contributed by atoms with Crippen LogP contribution in [0.15, 0.2) is 53.6 Å². The van der Waals surface area contributed by atoms with Gasteiger partial charge in [-0.1, -0.05) is 6.07 Å². The minimum atomic E-state index is -3.75. The van der Waals surface area contributed by atoms with Crippen molar-refractivity contribution >= 4 is 27.4 Å². The highest BCUT2D eigenvalue weighted by molar-refractivity contribution is 7.89. The number of nitrogens with one attached hydrogen (secondary N) is 1. The van der Waals surface area contributed by atoms with E-state index >= 15 is 0 Å². The fourth-order valence-electron chi connectivity index (χ4n) is 2.71. The van der Waals surface area contributed by atoms with Gasteiger partial charge < -0.3 is 11.1 Å². The molecule has 0 unspecified atom stereocenters. The van der Waals surface area contributed by atoms with Gasteiger partial charge in [0.15, 0.2) is 0 Å². The number of pyridine rings is 1. The molecule has 0 bridgehead atoms. The molecule has 0 saturated carbocycles. The number of benzene rings is 1. The largest absolute Gasteiger partial charge is 0.399 e. The molecule has 8 heteroatoms. The molecule has 1 aromatic carbocycles. The van der Waals surface area contributed by atoms with Crippen molar-refractivity contribution in [3.8, 4) is 0 Å². The predicted molar refractivity (Wildman–Crippen MR) is 90.6 cm³/mol. The molecule has 0 spiro atoms. The average Bonchev–Trinajstić information content (AvgIpc) is 3.07. The normalized spacial score (nSPS) is 18.4. The fraction of sp³-hybridized carbons (Fsp3) is 0.250. The van der Waals surface area contributed by atoms with Crippen LogP contribution in [0, 0.1) is 0 Å². The molecule has 1 aliphatic rings. The maximum Gasteiger partial charge on any atom is 0.243 e. The molecule has 1 aliphatic heterocycles. The molecule has 2 heterocycles. The first-order valence-electron chi connectivity index (χ1n) is 7.58. The van der Waals surface area contributed by atoms with Crippen molar-refractivity contribution in [2.45, 2.75) is 23.8 Å². The molecule has 1 atom stereocenters. The van der Waals surface area contributed by atoms with E-state index in [0.29, 0.717) is 30.9 Å². The first kappa shape index (κ1) is 16.4. The Labute approximate surface area is 140 Å². The van der Waals surface area contributed by atoms with Crippen molar-refractivity contribution in [3.63, 3.8) is 0 Å². The second kappa shape index (κ2) is 6.58. The van der Waals surface area contributed by atoms with Crippen LogP contribution in [-0.4, -0.2) is 36.2 Å². The van der Waals surface area contributed by atoms with E-state index in [0.717, 1.165) is 0 Å². The number of rotatable bonds is 4. The second-order valence-corrected chi connectivity index (χ2v) is 7.44. The van der Waals surface area contributed by atoms with Gasteiger partial charge in [0.05, 0.1) is 4.90 Å². The Hall–Kier alpha value is -2.45. The van der Waals surface area contributed by atoms with E-state index in [9.17, 15) is 13.2 Å². The minimum absolute atomic E-state index is 0.134. The molecule has 1 fully saturated rings. The summed E-state index contributed by atoms with van der Waals surface area (Å²) in [6.45, 7) is 0.313. The van der Waals surface area contributed by atoms with Crippen LogP contribution in [-0.2, 0) is 14.8 Å². The van der Waals surface area contributed by atoms with Crippen molar-refractivity contribution in [2.75, 3.05) is 17.6 Å². The Kier molecular flexibility index (Phi) is 4.50. The lowest BCUT2D eigenvalue weighted by molar-refractivity contribution is -0.119. The summed E-state index contributed by atoms with van der Waals surface area (Å²) in [5.41, 5.74) is 6.09. The van der Waals surface area contributed by atoms with Crippen LogP contribution in [0.5, 0.6) is 0 Å². The number of nitrogens with zero attached hydrogens (tertiary/aromatic N) is 2. The van der Waals surface area contributed by atoms with Crippen molar-refractivity contribution in [1.82, 2.24) is 9.29 Å². The molecular weight excluding hydrogens is 328 g/mol. The first-order valence-corrected chi connectivity index (χ1v) is 9.02. The number of aromatic nitrogens is 1. The van der Waals surface area contributed by atoms with E-state index < -0.39 is 16.1 Å². The molecule has 7 nitrogen and oxygen atoms in total. The van der Waals surface area contributed by atoms with E-state index in [-0.39, 0.29) is 10.8 Å². The molecular formula is C16H18N4O3S. The van der Waals surface area contributed by atoms with E-state index in [1.807, 2.05) is 0 Å². The summed E-state index contributed by atoms with van der Waals surface area (Å²) in [5.74, 6) is 0.0319. The summed E-state index contributed by atoms with van der Waals surface area (Å²) in [7, 11) is -3.75. The van der Waals surface area contributed by atoms with E-state index in [4.69, 9.17) is 5.73 Å². The summed E-state index contributed by atoms with van der Waals surface area (Å²) in [5, 5.41) is 2.67. The maximum atomic E-state index is 12.8. The van der Waals surface area contributed by atoms with Gasteiger partial charge in [-0.05, 0) is 49.2 Å². The lowest BCUT2D eigenvalue weighted by Gasteiger charge is -2.23. The molecule has 24 heavy (non-hydrogen) atoms. The summed E-state index contributed by atoms with van der Waals surface area (Å²) < 4.78 is 26.9. The number of hydrogen-bond acceptors (Lipinski definition) is 5. The molecule has 1 aromatic heterocycles. The van der Waals surface area contributed by atoms with Crippen LogP contribution in [0.3, 0.4) is 0 Å². The quantitative estimate of drug-likeness (QED) is 0.815. The van der Waals surface area contributed by atoms with Crippen LogP contribution in [0.2, 0.25) is 0 Å². The third kappa shape index (κ3) is 3.24. The van der Waals surface area contributed by atoms with Crippen LogP contribution in [0.25, 0.3) is 0 Å². The molecule has 0 radical (unpaired) electrons. The predicted octanol–water partition coefficient (Wildman–Crippen LogP) is 1.46. The molecule has 1 amide bonds. The standard InChI is InChI=1S/C16H18N4O3S/c17-12-6-8-13(9-7-12)24(22,23)20-11-3-4-14(20)16(21)19-15-5-1-2-10-18-15/h1-2,5-10,14H,3-4,11,17H2,(H,18,19,21)/t14-/m0/s1. The number of nitrogens with two attached hydrogens (primary N) is 1. The van der Waals surface area contributed by atoms with Gasteiger partial charge in [0, 0.05) is 18.4 Å². The number of amides is 1. The number of hydrogen-bond donors (Lipinski definition) is 2. The maximum absolute atomic E-state index is 12.8. The van der Waals surface area contributed by atoms with Crippen LogP contribution < -0.4 is 11.1 Å². The molecule has 2 aromatic rings.